The van der Waals surface area contributed by atoms with E-state index in [0.29, 0.717) is 6.61 Å². The highest BCUT2D eigenvalue weighted by molar-refractivity contribution is 5.96. The summed E-state index contributed by atoms with van der Waals surface area (Å²) in [5.74, 6) is -2.13. The second-order valence-electron chi connectivity index (χ2n) is 4.76. The Labute approximate surface area is 141 Å². The average molecular weight is 362 g/mol. The molecule has 0 aliphatic heterocycles. The normalized spacial score (nSPS) is 10.9. The predicted octanol–water partition coefficient (Wildman–Crippen LogP) is 0.741. The van der Waals surface area contributed by atoms with E-state index in [1.807, 2.05) is 0 Å². The minimum absolute atomic E-state index is 0.0434. The number of halogens is 3. The zero-order chi connectivity index (χ0) is 18.9. The van der Waals surface area contributed by atoms with E-state index >= 15 is 0 Å². The van der Waals surface area contributed by atoms with Crippen LogP contribution >= 0.6 is 0 Å². The standard InChI is InChI=1S/C15H17F3N2O5/c1-24-7-6-19-12(21)9-25-13(22)8-20-14(23)10-2-4-11(5-3-10)15(16,17)18/h2-5H,6-9H2,1H3,(H,19,21)(H,20,23). The van der Waals surface area contributed by atoms with Gasteiger partial charge >= 0.3 is 12.1 Å². The number of methoxy groups -OCH3 is 1. The van der Waals surface area contributed by atoms with E-state index in [0.717, 1.165) is 24.3 Å². The molecule has 2 N–H and O–H groups in total. The Kier molecular flexibility index (Phi) is 7.86. The van der Waals surface area contributed by atoms with Crippen LogP contribution in [0.25, 0.3) is 0 Å². The Morgan fingerprint density at radius 1 is 1.08 bits per heavy atom. The Hall–Kier alpha value is -2.62. The number of carbonyl (C=O) groups is 3. The molecule has 0 heterocycles. The van der Waals surface area contributed by atoms with Crippen LogP contribution in [0.2, 0.25) is 0 Å². The first-order valence-corrected chi connectivity index (χ1v) is 7.10. The number of benzene rings is 1. The highest BCUT2D eigenvalue weighted by Gasteiger charge is 2.30. The second-order valence-corrected chi connectivity index (χ2v) is 4.76. The van der Waals surface area contributed by atoms with Gasteiger partial charge in [0, 0.05) is 19.2 Å². The number of rotatable bonds is 8. The SMILES string of the molecule is COCCNC(=O)COC(=O)CNC(=O)c1ccc(C(F)(F)F)cc1. The summed E-state index contributed by atoms with van der Waals surface area (Å²) in [6, 6.07) is 3.51. The van der Waals surface area contributed by atoms with Crippen molar-refractivity contribution in [2.24, 2.45) is 0 Å². The third kappa shape index (κ3) is 7.66. The van der Waals surface area contributed by atoms with Gasteiger partial charge in [0.2, 0.25) is 0 Å². The van der Waals surface area contributed by atoms with Crippen molar-refractivity contribution in [3.05, 3.63) is 35.4 Å². The van der Waals surface area contributed by atoms with Gasteiger partial charge < -0.3 is 20.1 Å². The van der Waals surface area contributed by atoms with Gasteiger partial charge in [-0.3, -0.25) is 14.4 Å². The van der Waals surface area contributed by atoms with E-state index in [1.54, 1.807) is 0 Å². The molecular formula is C15H17F3N2O5. The Balaban J connectivity index is 2.36. The van der Waals surface area contributed by atoms with E-state index in [1.165, 1.54) is 7.11 Å². The van der Waals surface area contributed by atoms with Crippen molar-refractivity contribution in [2.45, 2.75) is 6.18 Å². The van der Waals surface area contributed by atoms with Crippen LogP contribution in [0, 0.1) is 0 Å². The van der Waals surface area contributed by atoms with E-state index < -0.39 is 42.7 Å². The van der Waals surface area contributed by atoms with Crippen LogP contribution in [0.1, 0.15) is 15.9 Å². The number of ether oxygens (including phenoxy) is 2. The molecule has 7 nitrogen and oxygen atoms in total. The Bertz CT molecular complexity index is 602. The van der Waals surface area contributed by atoms with Crippen molar-refractivity contribution >= 4 is 17.8 Å². The molecule has 0 unspecified atom stereocenters. The number of nitrogens with one attached hydrogen (secondary N) is 2. The van der Waals surface area contributed by atoms with Crippen LogP contribution in [0.5, 0.6) is 0 Å². The third-order valence-electron chi connectivity index (χ3n) is 2.86. The fourth-order valence-corrected chi connectivity index (χ4v) is 1.61. The zero-order valence-corrected chi connectivity index (χ0v) is 13.3. The highest BCUT2D eigenvalue weighted by Crippen LogP contribution is 2.28. The summed E-state index contributed by atoms with van der Waals surface area (Å²) in [5, 5.41) is 4.61. The monoisotopic (exact) mass is 362 g/mol. The van der Waals surface area contributed by atoms with Crippen molar-refractivity contribution in [2.75, 3.05) is 33.4 Å². The van der Waals surface area contributed by atoms with Crippen LogP contribution in [0.4, 0.5) is 13.2 Å². The molecule has 25 heavy (non-hydrogen) atoms. The number of alkyl halides is 3. The molecule has 0 saturated carbocycles. The molecule has 1 aromatic carbocycles. The quantitative estimate of drug-likeness (QED) is 0.526. The van der Waals surface area contributed by atoms with Crippen molar-refractivity contribution in [3.63, 3.8) is 0 Å². The molecule has 0 saturated heterocycles. The topological polar surface area (TPSA) is 93.7 Å². The van der Waals surface area contributed by atoms with E-state index in [-0.39, 0.29) is 12.1 Å². The molecule has 0 spiro atoms. The fraction of sp³-hybridized carbons (Fsp3) is 0.400. The molecule has 2 amide bonds. The molecular weight excluding hydrogens is 345 g/mol. The zero-order valence-electron chi connectivity index (χ0n) is 13.3. The van der Waals surface area contributed by atoms with Gasteiger partial charge in [0.15, 0.2) is 6.61 Å². The fourth-order valence-electron chi connectivity index (χ4n) is 1.61. The first-order chi connectivity index (χ1) is 11.7. The number of carbonyl (C=O) groups excluding carboxylic acids is 3. The van der Waals surface area contributed by atoms with Gasteiger partial charge in [0.05, 0.1) is 12.2 Å². The van der Waals surface area contributed by atoms with Crippen LogP contribution in [0.15, 0.2) is 24.3 Å². The van der Waals surface area contributed by atoms with Gasteiger partial charge in [-0.05, 0) is 24.3 Å². The summed E-state index contributed by atoms with van der Waals surface area (Å²) in [6.45, 7) is -0.468. The van der Waals surface area contributed by atoms with Gasteiger partial charge in [-0.1, -0.05) is 0 Å². The maximum atomic E-state index is 12.4. The highest BCUT2D eigenvalue weighted by atomic mass is 19.4. The molecule has 0 aliphatic rings. The maximum absolute atomic E-state index is 12.4. The smallest absolute Gasteiger partial charge is 0.416 e. The van der Waals surface area contributed by atoms with Gasteiger partial charge in [-0.25, -0.2) is 0 Å². The summed E-state index contributed by atoms with van der Waals surface area (Å²) in [4.78, 5) is 34.4. The molecule has 0 fully saturated rings. The van der Waals surface area contributed by atoms with Crippen molar-refractivity contribution in [3.8, 4) is 0 Å². The largest absolute Gasteiger partial charge is 0.454 e. The Morgan fingerprint density at radius 2 is 1.72 bits per heavy atom. The van der Waals surface area contributed by atoms with Crippen LogP contribution < -0.4 is 10.6 Å². The molecule has 1 rings (SSSR count). The lowest BCUT2D eigenvalue weighted by Gasteiger charge is -2.09. The average Bonchev–Trinajstić information content (AvgIpc) is 2.57. The molecule has 0 aromatic heterocycles. The lowest BCUT2D eigenvalue weighted by molar-refractivity contribution is -0.147. The summed E-state index contributed by atoms with van der Waals surface area (Å²) < 4.78 is 46.6. The second kappa shape index (κ2) is 9.62. The lowest BCUT2D eigenvalue weighted by Crippen LogP contribution is -2.34. The number of hydrogen-bond donors (Lipinski definition) is 2. The predicted molar refractivity (Wildman–Crippen MR) is 79.6 cm³/mol. The molecule has 0 aliphatic carbocycles. The molecule has 0 radical (unpaired) electrons. The molecule has 10 heteroatoms. The van der Waals surface area contributed by atoms with Crippen molar-refractivity contribution < 1.29 is 37.0 Å². The first-order valence-electron chi connectivity index (χ1n) is 7.10. The maximum Gasteiger partial charge on any atom is 0.416 e. The summed E-state index contributed by atoms with van der Waals surface area (Å²) in [6.07, 6.45) is -4.50. The molecule has 0 atom stereocenters. The van der Waals surface area contributed by atoms with E-state index in [2.05, 4.69) is 15.4 Å². The van der Waals surface area contributed by atoms with Crippen molar-refractivity contribution in [1.29, 1.82) is 0 Å². The Morgan fingerprint density at radius 3 is 2.28 bits per heavy atom. The molecule has 0 bridgehead atoms. The summed E-state index contributed by atoms with van der Waals surface area (Å²) in [5.41, 5.74) is -0.930. The van der Waals surface area contributed by atoms with Gasteiger partial charge in [0.25, 0.3) is 11.8 Å². The summed E-state index contributed by atoms with van der Waals surface area (Å²) >= 11 is 0. The minimum Gasteiger partial charge on any atom is -0.454 e. The van der Waals surface area contributed by atoms with Crippen LogP contribution in [-0.2, 0) is 25.2 Å². The number of esters is 1. The van der Waals surface area contributed by atoms with E-state index in [9.17, 15) is 27.6 Å². The summed E-state index contributed by atoms with van der Waals surface area (Å²) in [7, 11) is 1.46. The number of amides is 2. The van der Waals surface area contributed by atoms with Gasteiger partial charge in [0.1, 0.15) is 6.54 Å². The van der Waals surface area contributed by atoms with Gasteiger partial charge in [-0.15, -0.1) is 0 Å². The van der Waals surface area contributed by atoms with Crippen LogP contribution in [0.3, 0.4) is 0 Å². The number of hydrogen-bond acceptors (Lipinski definition) is 5. The first kappa shape index (κ1) is 20.4. The molecule has 1 aromatic rings. The van der Waals surface area contributed by atoms with E-state index in [4.69, 9.17) is 4.74 Å². The van der Waals surface area contributed by atoms with Gasteiger partial charge in [-0.2, -0.15) is 13.2 Å². The van der Waals surface area contributed by atoms with Crippen molar-refractivity contribution in [1.82, 2.24) is 10.6 Å². The third-order valence-corrected chi connectivity index (χ3v) is 2.86. The lowest BCUT2D eigenvalue weighted by atomic mass is 10.1. The molecule has 138 valence electrons. The minimum atomic E-state index is -4.50. The van der Waals surface area contributed by atoms with Crippen LogP contribution in [-0.4, -0.2) is 51.2 Å².